The van der Waals surface area contributed by atoms with Crippen LogP contribution in [0.3, 0.4) is 0 Å². The third kappa shape index (κ3) is 4.89. The van der Waals surface area contributed by atoms with E-state index in [0.29, 0.717) is 11.3 Å². The molecule has 31 heavy (non-hydrogen) atoms. The molecule has 0 aromatic heterocycles. The van der Waals surface area contributed by atoms with E-state index in [2.05, 4.69) is 5.73 Å². The lowest BCUT2D eigenvalue weighted by molar-refractivity contribution is -0.137. The maximum atomic E-state index is 14.8. The highest BCUT2D eigenvalue weighted by atomic mass is 32.2. The summed E-state index contributed by atoms with van der Waals surface area (Å²) in [6.07, 6.45) is -2.49. The summed E-state index contributed by atoms with van der Waals surface area (Å²) in [5, 5.41) is 7.19. The highest BCUT2D eigenvalue weighted by Gasteiger charge is 2.50. The van der Waals surface area contributed by atoms with Gasteiger partial charge in [0, 0.05) is 16.4 Å². The number of halogens is 5. The molecular formula is C21H20F5NO3S. The zero-order valence-corrected chi connectivity index (χ0v) is 17.0. The van der Waals surface area contributed by atoms with E-state index in [9.17, 15) is 22.0 Å². The van der Waals surface area contributed by atoms with E-state index in [1.54, 1.807) is 0 Å². The predicted molar refractivity (Wildman–Crippen MR) is 105 cm³/mol. The fourth-order valence-electron chi connectivity index (χ4n) is 4.12. The first-order chi connectivity index (χ1) is 14.5. The van der Waals surface area contributed by atoms with E-state index in [-0.39, 0.29) is 23.8 Å². The third-order valence-corrected chi connectivity index (χ3v) is 7.02. The van der Waals surface area contributed by atoms with Crippen LogP contribution in [-0.2, 0) is 10.9 Å². The van der Waals surface area contributed by atoms with Crippen molar-refractivity contribution in [3.05, 3.63) is 59.2 Å². The molecule has 1 saturated carbocycles. The van der Waals surface area contributed by atoms with Gasteiger partial charge in [0.15, 0.2) is 11.6 Å². The van der Waals surface area contributed by atoms with Crippen LogP contribution in [0.15, 0.2) is 41.3 Å². The Kier molecular flexibility index (Phi) is 6.68. The summed E-state index contributed by atoms with van der Waals surface area (Å²) in [5.41, 5.74) is 3.51. The molecule has 2 aliphatic rings. The fourth-order valence-corrected chi connectivity index (χ4v) is 5.71. The van der Waals surface area contributed by atoms with Crippen molar-refractivity contribution in [1.82, 2.24) is 0 Å². The minimum absolute atomic E-state index is 0.0256. The van der Waals surface area contributed by atoms with Gasteiger partial charge >= 0.3 is 12.3 Å². The molecule has 10 heteroatoms. The summed E-state index contributed by atoms with van der Waals surface area (Å²) in [6, 6.07) is 7.01. The Bertz CT molecular complexity index is 947. The third-order valence-electron chi connectivity index (χ3n) is 5.40. The maximum Gasteiger partial charge on any atom is 0.416 e. The molecule has 1 heterocycles. The van der Waals surface area contributed by atoms with Crippen molar-refractivity contribution < 1.29 is 36.6 Å². The number of rotatable bonds is 2. The van der Waals surface area contributed by atoms with Gasteiger partial charge in [0.1, 0.15) is 5.82 Å². The number of amides is 1. The van der Waals surface area contributed by atoms with Gasteiger partial charge in [0.25, 0.3) is 0 Å². The SMILES string of the molecule is Fc1ccc(F)c2c1OCC1CCCC[C@@]21Sc1ccc(C(F)(F)F)cc1.NC(=O)O. The predicted octanol–water partition coefficient (Wildman–Crippen LogP) is 6.18. The summed E-state index contributed by atoms with van der Waals surface area (Å²) in [7, 11) is 0. The summed E-state index contributed by atoms with van der Waals surface area (Å²) < 4.78 is 72.4. The maximum absolute atomic E-state index is 14.8. The van der Waals surface area contributed by atoms with Crippen LogP contribution in [0.2, 0.25) is 0 Å². The first-order valence-electron chi connectivity index (χ1n) is 9.50. The Balaban J connectivity index is 0.000000628. The zero-order valence-electron chi connectivity index (χ0n) is 16.2. The number of alkyl halides is 3. The lowest BCUT2D eigenvalue weighted by atomic mass is 9.73. The molecule has 2 atom stereocenters. The van der Waals surface area contributed by atoms with Crippen molar-refractivity contribution in [2.45, 2.75) is 41.5 Å². The molecule has 0 bridgehead atoms. The molecule has 1 fully saturated rings. The number of carbonyl (C=O) groups is 1. The van der Waals surface area contributed by atoms with Crippen molar-refractivity contribution in [3.63, 3.8) is 0 Å². The minimum atomic E-state index is -4.41. The van der Waals surface area contributed by atoms with Crippen LogP contribution in [0.25, 0.3) is 0 Å². The first kappa shape index (κ1) is 23.2. The summed E-state index contributed by atoms with van der Waals surface area (Å²) in [5.74, 6) is -1.23. The summed E-state index contributed by atoms with van der Waals surface area (Å²) in [4.78, 5) is 9.38. The number of primary amides is 1. The zero-order chi connectivity index (χ0) is 22.8. The Morgan fingerprint density at radius 2 is 1.71 bits per heavy atom. The molecule has 2 aromatic rings. The van der Waals surface area contributed by atoms with E-state index in [1.165, 1.54) is 23.9 Å². The number of fused-ring (bicyclic) bond motifs is 3. The highest BCUT2D eigenvalue weighted by molar-refractivity contribution is 8.00. The van der Waals surface area contributed by atoms with Gasteiger partial charge in [0.05, 0.1) is 16.9 Å². The smallest absolute Gasteiger partial charge is 0.416 e. The van der Waals surface area contributed by atoms with Crippen molar-refractivity contribution in [3.8, 4) is 5.75 Å². The standard InChI is InChI=1S/C20H17F5OS.CH3NO2/c21-15-8-9-16(22)18-17(15)19(10-2-1-3-13(19)11-26-18)27-14-6-4-12(5-7-14)20(23,24)25;2-1(3)4/h4-9,13H,1-3,10-11H2;2H2,(H,3,4)/t13?,19-;/m0./s1. The first-order valence-corrected chi connectivity index (χ1v) is 10.3. The lowest BCUT2D eigenvalue weighted by Gasteiger charge is -2.47. The summed E-state index contributed by atoms with van der Waals surface area (Å²) in [6.45, 7) is 0.279. The van der Waals surface area contributed by atoms with E-state index in [4.69, 9.17) is 14.6 Å². The van der Waals surface area contributed by atoms with Gasteiger partial charge in [-0.05, 0) is 49.2 Å². The molecule has 4 nitrogen and oxygen atoms in total. The van der Waals surface area contributed by atoms with Crippen LogP contribution in [-0.4, -0.2) is 17.8 Å². The van der Waals surface area contributed by atoms with Crippen LogP contribution in [0.4, 0.5) is 26.7 Å². The van der Waals surface area contributed by atoms with Crippen LogP contribution in [0.5, 0.6) is 5.75 Å². The molecule has 3 N–H and O–H groups in total. The monoisotopic (exact) mass is 461 g/mol. The molecule has 0 saturated heterocycles. The van der Waals surface area contributed by atoms with Crippen molar-refractivity contribution >= 4 is 17.9 Å². The van der Waals surface area contributed by atoms with E-state index in [1.807, 2.05) is 0 Å². The Hall–Kier alpha value is -2.49. The second-order valence-corrected chi connectivity index (χ2v) is 8.74. The molecular weight excluding hydrogens is 441 g/mol. The number of hydrogen-bond acceptors (Lipinski definition) is 3. The van der Waals surface area contributed by atoms with Gasteiger partial charge in [-0.15, -0.1) is 11.8 Å². The van der Waals surface area contributed by atoms with E-state index >= 15 is 0 Å². The number of benzene rings is 2. The molecule has 1 aliphatic carbocycles. The van der Waals surface area contributed by atoms with Gasteiger partial charge in [-0.3, -0.25) is 0 Å². The largest absolute Gasteiger partial charge is 0.490 e. The molecule has 1 aliphatic heterocycles. The normalized spacial score (nSPS) is 22.3. The summed E-state index contributed by atoms with van der Waals surface area (Å²) >= 11 is 1.33. The van der Waals surface area contributed by atoms with E-state index < -0.39 is 34.2 Å². The van der Waals surface area contributed by atoms with Gasteiger partial charge in [-0.2, -0.15) is 13.2 Å². The Morgan fingerprint density at radius 3 is 2.32 bits per heavy atom. The second kappa shape index (κ2) is 8.94. The number of ether oxygens (including phenoxy) is 1. The van der Waals surface area contributed by atoms with Gasteiger partial charge < -0.3 is 15.6 Å². The molecule has 1 amide bonds. The molecule has 4 rings (SSSR count). The number of hydrogen-bond donors (Lipinski definition) is 2. The molecule has 2 aromatic carbocycles. The van der Waals surface area contributed by atoms with Gasteiger partial charge in [-0.1, -0.05) is 12.8 Å². The average molecular weight is 461 g/mol. The minimum Gasteiger partial charge on any atom is -0.490 e. The lowest BCUT2D eigenvalue weighted by Crippen LogP contribution is -2.43. The molecule has 168 valence electrons. The van der Waals surface area contributed by atoms with Crippen LogP contribution in [0, 0.1) is 17.6 Å². The molecule has 0 spiro atoms. The van der Waals surface area contributed by atoms with Crippen LogP contribution < -0.4 is 10.5 Å². The Labute approximate surface area is 179 Å². The van der Waals surface area contributed by atoms with Gasteiger partial charge in [0.2, 0.25) is 0 Å². The number of nitrogens with two attached hydrogens (primary N) is 1. The topological polar surface area (TPSA) is 72.5 Å². The Morgan fingerprint density at radius 1 is 1.10 bits per heavy atom. The molecule has 1 unspecified atom stereocenters. The van der Waals surface area contributed by atoms with E-state index in [0.717, 1.165) is 43.5 Å². The number of thioether (sulfide) groups is 1. The molecule has 0 radical (unpaired) electrons. The van der Waals surface area contributed by atoms with Crippen LogP contribution >= 0.6 is 11.8 Å². The quantitative estimate of drug-likeness (QED) is 0.524. The van der Waals surface area contributed by atoms with Crippen molar-refractivity contribution in [2.24, 2.45) is 11.7 Å². The van der Waals surface area contributed by atoms with Gasteiger partial charge in [-0.25, -0.2) is 13.6 Å². The second-order valence-electron chi connectivity index (χ2n) is 7.34. The fraction of sp³-hybridized carbons (Fsp3) is 0.381. The van der Waals surface area contributed by atoms with Crippen molar-refractivity contribution in [1.29, 1.82) is 0 Å². The highest BCUT2D eigenvalue weighted by Crippen LogP contribution is 2.59. The van der Waals surface area contributed by atoms with Crippen molar-refractivity contribution in [2.75, 3.05) is 6.61 Å². The average Bonchev–Trinajstić information content (AvgIpc) is 2.69. The number of carboxylic acid groups (broad SMARTS) is 1. The van der Waals surface area contributed by atoms with Crippen LogP contribution in [0.1, 0.15) is 36.8 Å².